The SMILES string of the molecule is CC(C)(C)OC(=O)N[C@H](C(=O)O)C(C)(C)OCC1CC1. The zero-order valence-corrected chi connectivity index (χ0v) is 12.9. The molecule has 1 saturated carbocycles. The third kappa shape index (κ3) is 5.77. The van der Waals surface area contributed by atoms with Crippen LogP contribution < -0.4 is 5.32 Å². The molecular formula is C14H25NO5. The second-order valence-electron chi connectivity index (χ2n) is 6.78. The van der Waals surface area contributed by atoms with Gasteiger partial charge in [0.25, 0.3) is 0 Å². The van der Waals surface area contributed by atoms with Crippen molar-refractivity contribution in [2.75, 3.05) is 6.61 Å². The number of hydrogen-bond acceptors (Lipinski definition) is 4. The van der Waals surface area contributed by atoms with Crippen LogP contribution >= 0.6 is 0 Å². The predicted molar refractivity (Wildman–Crippen MR) is 73.5 cm³/mol. The van der Waals surface area contributed by atoms with E-state index in [0.717, 1.165) is 12.8 Å². The van der Waals surface area contributed by atoms with Crippen molar-refractivity contribution < 1.29 is 24.2 Å². The molecule has 1 amide bonds. The summed E-state index contributed by atoms with van der Waals surface area (Å²) in [5.41, 5.74) is -1.67. The molecule has 1 aliphatic rings. The highest BCUT2D eigenvalue weighted by molar-refractivity contribution is 5.81. The Morgan fingerprint density at radius 1 is 1.25 bits per heavy atom. The van der Waals surface area contributed by atoms with Gasteiger partial charge in [-0.3, -0.25) is 0 Å². The van der Waals surface area contributed by atoms with Crippen LogP contribution in [-0.2, 0) is 14.3 Å². The molecule has 1 fully saturated rings. The molecule has 0 spiro atoms. The molecule has 0 aromatic heterocycles. The maximum absolute atomic E-state index is 11.7. The number of carboxylic acid groups (broad SMARTS) is 1. The largest absolute Gasteiger partial charge is 0.480 e. The number of carboxylic acids is 1. The fraction of sp³-hybridized carbons (Fsp3) is 0.857. The second kappa shape index (κ2) is 5.99. The van der Waals surface area contributed by atoms with Gasteiger partial charge in [0.2, 0.25) is 0 Å². The first-order chi connectivity index (χ1) is 9.01. The molecule has 1 atom stereocenters. The van der Waals surface area contributed by atoms with Gasteiger partial charge in [-0.2, -0.15) is 0 Å². The highest BCUT2D eigenvalue weighted by Gasteiger charge is 2.39. The fourth-order valence-corrected chi connectivity index (χ4v) is 1.66. The van der Waals surface area contributed by atoms with Crippen LogP contribution in [0.1, 0.15) is 47.5 Å². The van der Waals surface area contributed by atoms with Crippen molar-refractivity contribution in [3.63, 3.8) is 0 Å². The van der Waals surface area contributed by atoms with Crippen LogP contribution in [0.3, 0.4) is 0 Å². The lowest BCUT2D eigenvalue weighted by Crippen LogP contribution is -2.56. The molecule has 0 aromatic carbocycles. The zero-order chi connectivity index (χ0) is 15.6. The molecule has 0 aromatic rings. The summed E-state index contributed by atoms with van der Waals surface area (Å²) in [6.07, 6.45) is 1.48. The molecule has 20 heavy (non-hydrogen) atoms. The molecule has 1 aliphatic carbocycles. The molecular weight excluding hydrogens is 262 g/mol. The molecule has 1 rings (SSSR count). The summed E-state index contributed by atoms with van der Waals surface area (Å²) < 4.78 is 10.7. The lowest BCUT2D eigenvalue weighted by molar-refractivity contribution is -0.149. The van der Waals surface area contributed by atoms with Crippen molar-refractivity contribution in [2.45, 2.75) is 64.7 Å². The third-order valence-corrected chi connectivity index (χ3v) is 2.99. The Morgan fingerprint density at radius 3 is 2.20 bits per heavy atom. The van der Waals surface area contributed by atoms with Crippen molar-refractivity contribution in [1.82, 2.24) is 5.32 Å². The topological polar surface area (TPSA) is 84.9 Å². The van der Waals surface area contributed by atoms with E-state index in [4.69, 9.17) is 9.47 Å². The Morgan fingerprint density at radius 2 is 1.80 bits per heavy atom. The van der Waals surface area contributed by atoms with E-state index < -0.39 is 29.3 Å². The smallest absolute Gasteiger partial charge is 0.408 e. The van der Waals surface area contributed by atoms with E-state index in [1.54, 1.807) is 34.6 Å². The number of carbonyl (C=O) groups excluding carboxylic acids is 1. The van der Waals surface area contributed by atoms with Crippen LogP contribution in [-0.4, -0.2) is 41.0 Å². The minimum absolute atomic E-state index is 0.519. The van der Waals surface area contributed by atoms with E-state index in [2.05, 4.69) is 5.32 Å². The Balaban J connectivity index is 2.61. The summed E-state index contributed by atoms with van der Waals surface area (Å²) in [5, 5.41) is 11.7. The highest BCUT2D eigenvalue weighted by Crippen LogP contribution is 2.31. The quantitative estimate of drug-likeness (QED) is 0.782. The minimum Gasteiger partial charge on any atom is -0.480 e. The van der Waals surface area contributed by atoms with E-state index in [1.807, 2.05) is 0 Å². The maximum Gasteiger partial charge on any atom is 0.408 e. The second-order valence-corrected chi connectivity index (χ2v) is 6.78. The first-order valence-electron chi connectivity index (χ1n) is 6.87. The predicted octanol–water partition coefficient (Wildman–Crippen LogP) is 2.17. The Kier molecular flexibility index (Phi) is 5.02. The molecule has 0 radical (unpaired) electrons. The standard InChI is InChI=1S/C14H25NO5/c1-13(2,3)20-12(18)15-10(11(16)17)14(4,5)19-8-9-6-7-9/h9-10H,6-8H2,1-5H3,(H,15,18)(H,16,17)/t10-/m1/s1. The number of nitrogens with one attached hydrogen (secondary N) is 1. The van der Waals surface area contributed by atoms with Gasteiger partial charge in [-0.1, -0.05) is 0 Å². The van der Waals surface area contributed by atoms with Crippen LogP contribution in [0.15, 0.2) is 0 Å². The molecule has 6 heteroatoms. The summed E-state index contributed by atoms with van der Waals surface area (Å²) in [4.78, 5) is 23.1. The number of hydrogen-bond donors (Lipinski definition) is 2. The van der Waals surface area contributed by atoms with Gasteiger partial charge >= 0.3 is 12.1 Å². The van der Waals surface area contributed by atoms with E-state index in [9.17, 15) is 14.7 Å². The van der Waals surface area contributed by atoms with Gasteiger partial charge in [0.15, 0.2) is 6.04 Å². The van der Waals surface area contributed by atoms with Crippen molar-refractivity contribution in [2.24, 2.45) is 5.92 Å². The number of ether oxygens (including phenoxy) is 2. The van der Waals surface area contributed by atoms with E-state index >= 15 is 0 Å². The molecule has 0 heterocycles. The number of aliphatic carboxylic acids is 1. The number of rotatable bonds is 6. The van der Waals surface area contributed by atoms with Gasteiger partial charge in [-0.05, 0) is 53.4 Å². The summed E-state index contributed by atoms with van der Waals surface area (Å²) in [6, 6.07) is -1.16. The van der Waals surface area contributed by atoms with Crippen molar-refractivity contribution >= 4 is 12.1 Å². The Labute approximate surface area is 119 Å². The van der Waals surface area contributed by atoms with Gasteiger partial charge in [-0.25, -0.2) is 9.59 Å². The van der Waals surface area contributed by atoms with Crippen LogP contribution in [0.2, 0.25) is 0 Å². The zero-order valence-electron chi connectivity index (χ0n) is 12.9. The van der Waals surface area contributed by atoms with Crippen LogP contribution in [0.4, 0.5) is 4.79 Å². The lowest BCUT2D eigenvalue weighted by Gasteiger charge is -2.32. The minimum atomic E-state index is -1.16. The molecule has 116 valence electrons. The number of alkyl carbamates (subject to hydrolysis) is 1. The monoisotopic (exact) mass is 287 g/mol. The maximum atomic E-state index is 11.7. The van der Waals surface area contributed by atoms with Crippen molar-refractivity contribution in [3.8, 4) is 0 Å². The van der Waals surface area contributed by atoms with Crippen LogP contribution in [0.25, 0.3) is 0 Å². The van der Waals surface area contributed by atoms with Gasteiger partial charge in [-0.15, -0.1) is 0 Å². The molecule has 0 unspecified atom stereocenters. The fourth-order valence-electron chi connectivity index (χ4n) is 1.66. The molecule has 0 bridgehead atoms. The summed E-state index contributed by atoms with van der Waals surface area (Å²) in [5.74, 6) is -0.623. The average molecular weight is 287 g/mol. The van der Waals surface area contributed by atoms with E-state index in [0.29, 0.717) is 12.5 Å². The third-order valence-electron chi connectivity index (χ3n) is 2.99. The summed E-state index contributed by atoms with van der Waals surface area (Å²) in [7, 11) is 0. The van der Waals surface area contributed by atoms with E-state index in [-0.39, 0.29) is 0 Å². The molecule has 0 saturated heterocycles. The first-order valence-corrected chi connectivity index (χ1v) is 6.87. The van der Waals surface area contributed by atoms with Crippen LogP contribution in [0.5, 0.6) is 0 Å². The molecule has 6 nitrogen and oxygen atoms in total. The van der Waals surface area contributed by atoms with Crippen molar-refractivity contribution in [1.29, 1.82) is 0 Å². The van der Waals surface area contributed by atoms with Crippen molar-refractivity contribution in [3.05, 3.63) is 0 Å². The molecule has 2 N–H and O–H groups in total. The van der Waals surface area contributed by atoms with Gasteiger partial charge in [0.1, 0.15) is 5.60 Å². The number of amides is 1. The Bertz CT molecular complexity index is 368. The van der Waals surface area contributed by atoms with Crippen LogP contribution in [0, 0.1) is 5.92 Å². The van der Waals surface area contributed by atoms with Gasteiger partial charge in [0.05, 0.1) is 12.2 Å². The van der Waals surface area contributed by atoms with Gasteiger partial charge in [0, 0.05) is 0 Å². The lowest BCUT2D eigenvalue weighted by atomic mass is 9.98. The normalized spacial score (nSPS) is 17.4. The van der Waals surface area contributed by atoms with E-state index in [1.165, 1.54) is 0 Å². The Hall–Kier alpha value is -1.30. The first kappa shape index (κ1) is 16.8. The number of carbonyl (C=O) groups is 2. The molecule has 0 aliphatic heterocycles. The highest BCUT2D eigenvalue weighted by atomic mass is 16.6. The summed E-state index contributed by atoms with van der Waals surface area (Å²) in [6.45, 7) is 9.00. The summed E-state index contributed by atoms with van der Waals surface area (Å²) >= 11 is 0. The average Bonchev–Trinajstić information content (AvgIpc) is 3.03. The van der Waals surface area contributed by atoms with Gasteiger partial charge < -0.3 is 19.9 Å².